The Hall–Kier alpha value is -3.64. The largest absolute Gasteiger partial charge is 0.497 e. The van der Waals surface area contributed by atoms with E-state index in [0.29, 0.717) is 5.11 Å². The summed E-state index contributed by atoms with van der Waals surface area (Å²) in [5, 5.41) is 4.25. The summed E-state index contributed by atoms with van der Waals surface area (Å²) in [5.41, 5.74) is 6.59. The molecule has 5 rings (SSSR count). The molecule has 1 aliphatic rings. The van der Waals surface area contributed by atoms with E-state index in [1.165, 1.54) is 5.56 Å². The minimum Gasteiger partial charge on any atom is -0.497 e. The number of pyridine rings is 1. The highest BCUT2D eigenvalue weighted by Gasteiger charge is 2.42. The van der Waals surface area contributed by atoms with Crippen molar-refractivity contribution in [1.82, 2.24) is 14.9 Å². The molecule has 2 aromatic carbocycles. The Morgan fingerprint density at radius 3 is 2.42 bits per heavy atom. The molecular formula is C27H26N4OS. The summed E-state index contributed by atoms with van der Waals surface area (Å²) in [4.78, 5) is 6.89. The molecule has 1 aliphatic heterocycles. The normalized spacial score (nSPS) is 17.8. The predicted molar refractivity (Wildman–Crippen MR) is 136 cm³/mol. The molecule has 0 unspecified atom stereocenters. The average molecular weight is 455 g/mol. The Balaban J connectivity index is 1.68. The number of aromatic nitrogens is 2. The Morgan fingerprint density at radius 1 is 0.909 bits per heavy atom. The third-order valence-corrected chi connectivity index (χ3v) is 6.43. The molecule has 4 aromatic rings. The highest BCUT2D eigenvalue weighted by atomic mass is 32.1. The molecule has 1 fully saturated rings. The number of methoxy groups -OCH3 is 1. The van der Waals surface area contributed by atoms with Crippen molar-refractivity contribution < 1.29 is 4.74 Å². The molecule has 6 heteroatoms. The minimum absolute atomic E-state index is 0.0787. The van der Waals surface area contributed by atoms with Gasteiger partial charge in [0.1, 0.15) is 11.8 Å². The van der Waals surface area contributed by atoms with Crippen LogP contribution < -0.4 is 15.0 Å². The summed E-state index contributed by atoms with van der Waals surface area (Å²) in [6, 6.07) is 26.8. The van der Waals surface area contributed by atoms with E-state index in [1.54, 1.807) is 7.11 Å². The SMILES string of the molecule is COc1ccc(-n2c(C)ccc2[C@@H]2[C@H](c3ccccn3)NC(=S)N2c2cccc(C)c2)cc1. The molecule has 2 aromatic heterocycles. The molecule has 0 aliphatic carbocycles. The van der Waals surface area contributed by atoms with Crippen molar-refractivity contribution in [3.63, 3.8) is 0 Å². The highest BCUT2D eigenvalue weighted by Crippen LogP contribution is 2.43. The maximum absolute atomic E-state index is 5.88. The lowest BCUT2D eigenvalue weighted by atomic mass is 10.0. The first-order valence-corrected chi connectivity index (χ1v) is 11.4. The predicted octanol–water partition coefficient (Wildman–Crippen LogP) is 5.67. The van der Waals surface area contributed by atoms with Crippen LogP contribution in [0.1, 0.15) is 34.7 Å². The van der Waals surface area contributed by atoms with Crippen LogP contribution in [0.4, 0.5) is 5.69 Å². The van der Waals surface area contributed by atoms with E-state index in [4.69, 9.17) is 17.0 Å². The van der Waals surface area contributed by atoms with Gasteiger partial charge in [-0.25, -0.2) is 0 Å². The van der Waals surface area contributed by atoms with Gasteiger partial charge in [0.15, 0.2) is 5.11 Å². The van der Waals surface area contributed by atoms with Gasteiger partial charge in [0.05, 0.1) is 18.8 Å². The van der Waals surface area contributed by atoms with Crippen molar-refractivity contribution in [3.8, 4) is 11.4 Å². The van der Waals surface area contributed by atoms with Crippen molar-refractivity contribution in [2.24, 2.45) is 0 Å². The van der Waals surface area contributed by atoms with Crippen LogP contribution in [0.3, 0.4) is 0 Å². The Kier molecular flexibility index (Phi) is 5.60. The number of aryl methyl sites for hydroxylation is 2. The molecule has 0 amide bonds. The molecule has 3 heterocycles. The number of nitrogens with one attached hydrogen (secondary N) is 1. The van der Waals surface area contributed by atoms with Gasteiger partial charge in [0.2, 0.25) is 0 Å². The van der Waals surface area contributed by atoms with Gasteiger partial charge < -0.3 is 19.5 Å². The van der Waals surface area contributed by atoms with Crippen LogP contribution in [0.5, 0.6) is 5.75 Å². The van der Waals surface area contributed by atoms with Gasteiger partial charge in [-0.3, -0.25) is 4.98 Å². The molecule has 2 atom stereocenters. The molecule has 0 bridgehead atoms. The molecular weight excluding hydrogens is 428 g/mol. The van der Waals surface area contributed by atoms with Crippen molar-refractivity contribution in [1.29, 1.82) is 0 Å². The van der Waals surface area contributed by atoms with E-state index >= 15 is 0 Å². The number of hydrogen-bond acceptors (Lipinski definition) is 3. The number of thiocarbonyl (C=S) groups is 1. The van der Waals surface area contributed by atoms with Crippen LogP contribution in [-0.4, -0.2) is 21.8 Å². The lowest BCUT2D eigenvalue weighted by molar-refractivity contribution is 0.414. The van der Waals surface area contributed by atoms with E-state index in [0.717, 1.165) is 34.2 Å². The Morgan fingerprint density at radius 2 is 1.73 bits per heavy atom. The fourth-order valence-corrected chi connectivity index (χ4v) is 4.93. The topological polar surface area (TPSA) is 42.3 Å². The van der Waals surface area contributed by atoms with E-state index < -0.39 is 0 Å². The van der Waals surface area contributed by atoms with Crippen molar-refractivity contribution in [2.45, 2.75) is 25.9 Å². The fraction of sp³-hybridized carbons (Fsp3) is 0.185. The average Bonchev–Trinajstić information content (AvgIpc) is 3.39. The second-order valence-corrected chi connectivity index (χ2v) is 8.66. The number of hydrogen-bond donors (Lipinski definition) is 1. The fourth-order valence-electron chi connectivity index (χ4n) is 4.58. The second kappa shape index (κ2) is 8.71. The van der Waals surface area contributed by atoms with Crippen LogP contribution in [-0.2, 0) is 0 Å². The summed E-state index contributed by atoms with van der Waals surface area (Å²) in [7, 11) is 1.68. The molecule has 166 valence electrons. The molecule has 5 nitrogen and oxygen atoms in total. The van der Waals surface area contributed by atoms with Crippen LogP contribution in [0, 0.1) is 13.8 Å². The monoisotopic (exact) mass is 454 g/mol. The van der Waals surface area contributed by atoms with Crippen LogP contribution in [0.15, 0.2) is 85.1 Å². The number of rotatable bonds is 5. The smallest absolute Gasteiger partial charge is 0.174 e. The molecule has 33 heavy (non-hydrogen) atoms. The quantitative estimate of drug-likeness (QED) is 0.393. The van der Waals surface area contributed by atoms with E-state index in [2.05, 4.69) is 88.2 Å². The van der Waals surface area contributed by atoms with Crippen molar-refractivity contribution in [3.05, 3.63) is 108 Å². The first kappa shape index (κ1) is 21.2. The van der Waals surface area contributed by atoms with Gasteiger partial charge in [-0.15, -0.1) is 0 Å². The second-order valence-electron chi connectivity index (χ2n) is 8.27. The molecule has 0 saturated carbocycles. The first-order valence-electron chi connectivity index (χ1n) is 11.0. The zero-order chi connectivity index (χ0) is 22.9. The molecule has 0 spiro atoms. The maximum Gasteiger partial charge on any atom is 0.174 e. The summed E-state index contributed by atoms with van der Waals surface area (Å²) >= 11 is 5.88. The number of benzene rings is 2. The van der Waals surface area contributed by atoms with Gasteiger partial charge in [-0.2, -0.15) is 0 Å². The van der Waals surface area contributed by atoms with Gasteiger partial charge in [-0.05, 0) is 92.3 Å². The van der Waals surface area contributed by atoms with Crippen molar-refractivity contribution in [2.75, 3.05) is 12.0 Å². The third kappa shape index (κ3) is 3.87. The lowest BCUT2D eigenvalue weighted by Gasteiger charge is -2.29. The minimum atomic E-state index is -0.0921. The molecule has 0 radical (unpaired) electrons. The third-order valence-electron chi connectivity index (χ3n) is 6.12. The number of nitrogens with zero attached hydrogens (tertiary/aromatic N) is 3. The van der Waals surface area contributed by atoms with Crippen LogP contribution in [0.2, 0.25) is 0 Å². The summed E-state index contributed by atoms with van der Waals surface area (Å²) in [6.45, 7) is 4.23. The van der Waals surface area contributed by atoms with E-state index in [1.807, 2.05) is 30.5 Å². The van der Waals surface area contributed by atoms with Crippen LogP contribution in [0.25, 0.3) is 5.69 Å². The Bertz CT molecular complexity index is 1280. The number of ether oxygens (including phenoxy) is 1. The van der Waals surface area contributed by atoms with E-state index in [9.17, 15) is 0 Å². The highest BCUT2D eigenvalue weighted by molar-refractivity contribution is 7.80. The van der Waals surface area contributed by atoms with Gasteiger partial charge in [-0.1, -0.05) is 18.2 Å². The van der Waals surface area contributed by atoms with Gasteiger partial charge >= 0.3 is 0 Å². The van der Waals surface area contributed by atoms with Gasteiger partial charge in [0.25, 0.3) is 0 Å². The summed E-state index contributed by atoms with van der Waals surface area (Å²) in [6.07, 6.45) is 1.83. The molecule has 1 N–H and O–H groups in total. The van der Waals surface area contributed by atoms with Crippen molar-refractivity contribution >= 4 is 23.0 Å². The zero-order valence-corrected chi connectivity index (χ0v) is 19.7. The van der Waals surface area contributed by atoms with Gasteiger partial charge in [0, 0.05) is 29.0 Å². The molecule has 1 saturated heterocycles. The summed E-state index contributed by atoms with van der Waals surface area (Å²) in [5.74, 6) is 0.835. The zero-order valence-electron chi connectivity index (χ0n) is 18.9. The first-order chi connectivity index (χ1) is 16.1. The number of anilines is 1. The van der Waals surface area contributed by atoms with E-state index in [-0.39, 0.29) is 12.1 Å². The maximum atomic E-state index is 5.88. The standard InChI is InChI=1S/C27H26N4OS/c1-18-7-6-8-21(17-18)31-26(25(29-27(31)33)23-9-4-5-16-28-23)24-15-10-19(2)30(24)20-11-13-22(32-3)14-12-20/h4-17,25-26H,1-3H3,(H,29,33)/t25-,26+/m0/s1. The summed E-state index contributed by atoms with van der Waals surface area (Å²) < 4.78 is 7.66. The lowest BCUT2D eigenvalue weighted by Crippen LogP contribution is -2.30. The van der Waals surface area contributed by atoms with Crippen LogP contribution >= 0.6 is 12.2 Å². The Labute approximate surface area is 199 Å².